The van der Waals surface area contributed by atoms with E-state index in [9.17, 15) is 17.6 Å². The van der Waals surface area contributed by atoms with Gasteiger partial charge in [0, 0.05) is 17.9 Å². The van der Waals surface area contributed by atoms with Crippen molar-refractivity contribution in [2.45, 2.75) is 17.6 Å². The number of anilines is 1. The molecule has 5 nitrogen and oxygen atoms in total. The Kier molecular flexibility index (Phi) is 5.15. The Labute approximate surface area is 154 Å². The Morgan fingerprint density at radius 2 is 1.85 bits per heavy atom. The van der Waals surface area contributed by atoms with Gasteiger partial charge in [0.1, 0.15) is 10.7 Å². The molecule has 0 bridgehead atoms. The lowest BCUT2D eigenvalue weighted by atomic mass is 10.1. The quantitative estimate of drug-likeness (QED) is 0.717. The van der Waals surface area contributed by atoms with E-state index < -0.39 is 15.7 Å². The lowest BCUT2D eigenvalue weighted by molar-refractivity contribution is -0.114. The highest BCUT2D eigenvalue weighted by atomic mass is 32.2. The molecule has 1 heterocycles. The summed E-state index contributed by atoms with van der Waals surface area (Å²) in [5.74, 6) is -1.24. The molecule has 0 aliphatic rings. The van der Waals surface area contributed by atoms with E-state index in [0.717, 1.165) is 11.6 Å². The first-order valence-electron chi connectivity index (χ1n) is 7.65. The Balaban J connectivity index is 1.79. The molecule has 1 aromatic heterocycles. The first kappa shape index (κ1) is 18.2. The average molecular weight is 390 g/mol. The summed E-state index contributed by atoms with van der Waals surface area (Å²) in [6.45, 7) is 1.41. The van der Waals surface area contributed by atoms with Crippen LogP contribution in [-0.4, -0.2) is 19.3 Å². The summed E-state index contributed by atoms with van der Waals surface area (Å²) in [4.78, 5) is 15.0. The second-order valence-electron chi connectivity index (χ2n) is 5.61. The predicted octanol–water partition coefficient (Wildman–Crippen LogP) is 3.88. The molecule has 0 atom stereocenters. The molecule has 134 valence electrons. The molecule has 2 aromatic carbocycles. The van der Waals surface area contributed by atoms with Crippen LogP contribution < -0.4 is 5.32 Å². The van der Waals surface area contributed by atoms with Crippen molar-refractivity contribution in [3.05, 3.63) is 65.3 Å². The van der Waals surface area contributed by atoms with Gasteiger partial charge >= 0.3 is 0 Å². The first-order valence-corrected chi connectivity index (χ1v) is 10.2. The molecule has 3 rings (SSSR count). The number of carbonyl (C=O) groups is 1. The lowest BCUT2D eigenvalue weighted by Crippen LogP contribution is -2.07. The number of halogens is 1. The minimum Gasteiger partial charge on any atom is -0.302 e. The average Bonchev–Trinajstić information content (AvgIpc) is 3.03. The SMILES string of the molecule is CC(=O)Nc1nc(-c2ccc(CS(=O)(=O)c3ccccc3F)cc2)cs1. The van der Waals surface area contributed by atoms with E-state index in [4.69, 9.17) is 0 Å². The number of hydrogen-bond acceptors (Lipinski definition) is 5. The molecular formula is C18H15FN2O3S2. The number of amides is 1. The van der Waals surface area contributed by atoms with Crippen molar-refractivity contribution in [2.75, 3.05) is 5.32 Å². The van der Waals surface area contributed by atoms with Crippen LogP contribution in [0.4, 0.5) is 9.52 Å². The molecule has 1 amide bonds. The van der Waals surface area contributed by atoms with Gasteiger partial charge in [0.2, 0.25) is 5.91 Å². The number of sulfone groups is 1. The smallest absolute Gasteiger partial charge is 0.223 e. The maximum atomic E-state index is 13.7. The van der Waals surface area contributed by atoms with Gasteiger partial charge in [-0.3, -0.25) is 4.79 Å². The second-order valence-corrected chi connectivity index (χ2v) is 8.42. The van der Waals surface area contributed by atoms with Gasteiger partial charge in [-0.05, 0) is 17.7 Å². The Morgan fingerprint density at radius 1 is 1.15 bits per heavy atom. The number of benzene rings is 2. The summed E-state index contributed by atoms with van der Waals surface area (Å²) in [7, 11) is -3.77. The van der Waals surface area contributed by atoms with Gasteiger partial charge < -0.3 is 5.32 Å². The van der Waals surface area contributed by atoms with E-state index >= 15 is 0 Å². The van der Waals surface area contributed by atoms with Crippen LogP contribution in [0, 0.1) is 5.82 Å². The fourth-order valence-corrected chi connectivity index (χ4v) is 4.58. The van der Waals surface area contributed by atoms with E-state index in [1.165, 1.54) is 36.5 Å². The third-order valence-electron chi connectivity index (χ3n) is 3.57. The van der Waals surface area contributed by atoms with Gasteiger partial charge in [-0.15, -0.1) is 11.3 Å². The van der Waals surface area contributed by atoms with Gasteiger partial charge in [0.15, 0.2) is 15.0 Å². The number of thiazole rings is 1. The van der Waals surface area contributed by atoms with Crippen molar-refractivity contribution >= 4 is 32.2 Å². The van der Waals surface area contributed by atoms with E-state index in [1.54, 1.807) is 29.6 Å². The van der Waals surface area contributed by atoms with Crippen LogP contribution in [0.15, 0.2) is 58.8 Å². The fraction of sp³-hybridized carbons (Fsp3) is 0.111. The molecule has 1 N–H and O–H groups in total. The van der Waals surface area contributed by atoms with Crippen molar-refractivity contribution in [1.82, 2.24) is 4.98 Å². The van der Waals surface area contributed by atoms with Gasteiger partial charge in [-0.25, -0.2) is 17.8 Å². The maximum Gasteiger partial charge on any atom is 0.223 e. The number of aromatic nitrogens is 1. The zero-order valence-corrected chi connectivity index (χ0v) is 15.4. The minimum atomic E-state index is -3.77. The van der Waals surface area contributed by atoms with Crippen LogP contribution in [0.3, 0.4) is 0 Å². The van der Waals surface area contributed by atoms with Gasteiger partial charge in [0.05, 0.1) is 11.4 Å². The highest BCUT2D eigenvalue weighted by molar-refractivity contribution is 7.90. The van der Waals surface area contributed by atoms with E-state index in [0.29, 0.717) is 16.4 Å². The van der Waals surface area contributed by atoms with E-state index in [1.807, 2.05) is 0 Å². The van der Waals surface area contributed by atoms with Gasteiger partial charge in [-0.2, -0.15) is 0 Å². The van der Waals surface area contributed by atoms with Crippen LogP contribution >= 0.6 is 11.3 Å². The third kappa shape index (κ3) is 4.14. The highest BCUT2D eigenvalue weighted by Crippen LogP contribution is 2.26. The molecule has 0 saturated carbocycles. The van der Waals surface area contributed by atoms with Crippen molar-refractivity contribution in [3.8, 4) is 11.3 Å². The highest BCUT2D eigenvalue weighted by Gasteiger charge is 2.19. The molecule has 0 saturated heterocycles. The minimum absolute atomic E-state index is 0.195. The zero-order valence-electron chi connectivity index (χ0n) is 13.8. The lowest BCUT2D eigenvalue weighted by Gasteiger charge is -2.06. The molecule has 3 aromatic rings. The summed E-state index contributed by atoms with van der Waals surface area (Å²) >= 11 is 1.31. The van der Waals surface area contributed by atoms with E-state index in [2.05, 4.69) is 10.3 Å². The Bertz CT molecular complexity index is 1040. The molecule has 0 aliphatic heterocycles. The summed E-state index contributed by atoms with van der Waals surface area (Å²) < 4.78 is 38.5. The summed E-state index contributed by atoms with van der Waals surface area (Å²) in [5, 5.41) is 4.92. The van der Waals surface area contributed by atoms with Crippen LogP contribution in [0.1, 0.15) is 12.5 Å². The molecule has 0 unspecified atom stereocenters. The Hall–Kier alpha value is -2.58. The second kappa shape index (κ2) is 7.35. The van der Waals surface area contributed by atoms with Crippen molar-refractivity contribution in [2.24, 2.45) is 0 Å². The van der Waals surface area contributed by atoms with Crippen LogP contribution in [-0.2, 0) is 20.4 Å². The van der Waals surface area contributed by atoms with Crippen LogP contribution in [0.25, 0.3) is 11.3 Å². The van der Waals surface area contributed by atoms with Gasteiger partial charge in [-0.1, -0.05) is 36.4 Å². The zero-order chi connectivity index (χ0) is 18.7. The van der Waals surface area contributed by atoms with Crippen molar-refractivity contribution in [3.63, 3.8) is 0 Å². The van der Waals surface area contributed by atoms with E-state index in [-0.39, 0.29) is 16.6 Å². The summed E-state index contributed by atoms with van der Waals surface area (Å²) in [6, 6.07) is 12.2. The normalized spacial score (nSPS) is 11.3. The van der Waals surface area contributed by atoms with Crippen molar-refractivity contribution < 1.29 is 17.6 Å². The predicted molar refractivity (Wildman–Crippen MR) is 99.1 cm³/mol. The molecule has 0 radical (unpaired) electrons. The topological polar surface area (TPSA) is 76.1 Å². The van der Waals surface area contributed by atoms with Gasteiger partial charge in [0.25, 0.3) is 0 Å². The molecule has 26 heavy (non-hydrogen) atoms. The maximum absolute atomic E-state index is 13.7. The molecule has 0 aliphatic carbocycles. The third-order valence-corrected chi connectivity index (χ3v) is 6.04. The van der Waals surface area contributed by atoms with Crippen LogP contribution in [0.2, 0.25) is 0 Å². The standard InChI is InChI=1S/C18H15FN2O3S2/c1-12(22)20-18-21-16(10-25-18)14-8-6-13(7-9-14)11-26(23,24)17-5-3-2-4-15(17)19/h2-10H,11H2,1H3,(H,20,21,22). The molecule has 8 heteroatoms. The first-order chi connectivity index (χ1) is 12.3. The number of rotatable bonds is 5. The number of nitrogens with zero attached hydrogens (tertiary/aromatic N) is 1. The molecule has 0 spiro atoms. The summed E-state index contributed by atoms with van der Waals surface area (Å²) in [6.07, 6.45) is 0. The Morgan fingerprint density at radius 3 is 2.50 bits per heavy atom. The summed E-state index contributed by atoms with van der Waals surface area (Å²) in [5.41, 5.74) is 2.03. The number of carbonyl (C=O) groups excluding carboxylic acids is 1. The largest absolute Gasteiger partial charge is 0.302 e. The van der Waals surface area contributed by atoms with Crippen LogP contribution in [0.5, 0.6) is 0 Å². The molecular weight excluding hydrogens is 375 g/mol. The number of hydrogen-bond donors (Lipinski definition) is 1. The number of nitrogens with one attached hydrogen (secondary N) is 1. The monoisotopic (exact) mass is 390 g/mol. The molecule has 0 fully saturated rings. The fourth-order valence-electron chi connectivity index (χ4n) is 2.38. The van der Waals surface area contributed by atoms with Crippen molar-refractivity contribution in [1.29, 1.82) is 0 Å².